The molecule has 2 heterocycles. The molecule has 0 bridgehead atoms. The number of ether oxygens (including phenoxy) is 1. The maximum atomic E-state index is 10.2. The van der Waals surface area contributed by atoms with Crippen molar-refractivity contribution in [1.29, 1.82) is 0 Å². The molecule has 0 aromatic carbocycles. The third kappa shape index (κ3) is 5.77. The quantitative estimate of drug-likeness (QED) is 0.522. The number of hydrogen-bond acceptors (Lipinski definition) is 4. The van der Waals surface area contributed by atoms with E-state index in [0.717, 1.165) is 51.7 Å². The lowest BCUT2D eigenvalue weighted by Crippen LogP contribution is -2.48. The molecule has 2 fully saturated rings. The average Bonchev–Trinajstić information content (AvgIpc) is 2.50. The highest BCUT2D eigenvalue weighted by molar-refractivity contribution is 5.45. The summed E-state index contributed by atoms with van der Waals surface area (Å²) in [5.74, 6) is 0.902. The Labute approximate surface area is 122 Å². The Morgan fingerprint density at radius 1 is 1.05 bits per heavy atom. The van der Waals surface area contributed by atoms with Crippen molar-refractivity contribution in [2.45, 2.75) is 25.7 Å². The van der Waals surface area contributed by atoms with Gasteiger partial charge in [0.2, 0.25) is 6.41 Å². The standard InChI is InChI=1S/C15H29N3O2/c19-14-16-5-7-18-10-8-17(9-11-18)6-1-2-15-3-12-20-13-4-15/h14-15H,1-13H2,(H,16,19). The summed E-state index contributed by atoms with van der Waals surface area (Å²) in [6, 6.07) is 0. The topological polar surface area (TPSA) is 44.8 Å². The van der Waals surface area contributed by atoms with Crippen LogP contribution in [-0.2, 0) is 9.53 Å². The molecule has 2 saturated heterocycles. The molecule has 0 aromatic rings. The van der Waals surface area contributed by atoms with Gasteiger partial charge in [0, 0.05) is 52.5 Å². The summed E-state index contributed by atoms with van der Waals surface area (Å²) in [7, 11) is 0. The Bertz CT molecular complexity index is 262. The fourth-order valence-electron chi connectivity index (χ4n) is 3.16. The first kappa shape index (κ1) is 15.7. The van der Waals surface area contributed by atoms with Gasteiger partial charge in [-0.1, -0.05) is 0 Å². The van der Waals surface area contributed by atoms with E-state index in [2.05, 4.69) is 15.1 Å². The van der Waals surface area contributed by atoms with Crippen LogP contribution < -0.4 is 5.32 Å². The second kappa shape index (κ2) is 9.32. The summed E-state index contributed by atoms with van der Waals surface area (Å²) < 4.78 is 5.41. The molecule has 2 aliphatic heterocycles. The van der Waals surface area contributed by atoms with E-state index in [1.807, 2.05) is 0 Å². The Morgan fingerprint density at radius 2 is 1.70 bits per heavy atom. The molecule has 0 aromatic heterocycles. The molecule has 5 nitrogen and oxygen atoms in total. The van der Waals surface area contributed by atoms with Gasteiger partial charge in [-0.3, -0.25) is 9.69 Å². The van der Waals surface area contributed by atoms with Gasteiger partial charge in [0.15, 0.2) is 0 Å². The van der Waals surface area contributed by atoms with E-state index < -0.39 is 0 Å². The molecule has 116 valence electrons. The van der Waals surface area contributed by atoms with Crippen LogP contribution in [0.3, 0.4) is 0 Å². The van der Waals surface area contributed by atoms with E-state index >= 15 is 0 Å². The number of carbonyl (C=O) groups excluding carboxylic acids is 1. The second-order valence-corrected chi connectivity index (χ2v) is 5.95. The molecule has 2 rings (SSSR count). The molecule has 0 radical (unpaired) electrons. The van der Waals surface area contributed by atoms with E-state index in [0.29, 0.717) is 0 Å². The minimum atomic E-state index is 0.771. The van der Waals surface area contributed by atoms with Crippen molar-refractivity contribution in [3.63, 3.8) is 0 Å². The number of hydrogen-bond donors (Lipinski definition) is 1. The summed E-state index contributed by atoms with van der Waals surface area (Å²) in [5.41, 5.74) is 0. The van der Waals surface area contributed by atoms with Gasteiger partial charge >= 0.3 is 0 Å². The smallest absolute Gasteiger partial charge is 0.207 e. The number of nitrogens with one attached hydrogen (secondary N) is 1. The van der Waals surface area contributed by atoms with Gasteiger partial charge in [0.1, 0.15) is 0 Å². The minimum Gasteiger partial charge on any atom is -0.381 e. The molecular weight excluding hydrogens is 254 g/mol. The second-order valence-electron chi connectivity index (χ2n) is 5.95. The Kier molecular flexibility index (Phi) is 7.33. The first-order chi connectivity index (χ1) is 9.88. The predicted molar refractivity (Wildman–Crippen MR) is 79.7 cm³/mol. The number of piperazine rings is 1. The molecular formula is C15H29N3O2. The molecule has 5 heteroatoms. The molecule has 1 amide bonds. The van der Waals surface area contributed by atoms with Crippen molar-refractivity contribution < 1.29 is 9.53 Å². The number of nitrogens with zero attached hydrogens (tertiary/aromatic N) is 2. The summed E-state index contributed by atoms with van der Waals surface area (Å²) in [6.07, 6.45) is 6.01. The zero-order valence-electron chi connectivity index (χ0n) is 12.6. The van der Waals surface area contributed by atoms with Crippen LogP contribution in [0.2, 0.25) is 0 Å². The van der Waals surface area contributed by atoms with Crippen LogP contribution in [0, 0.1) is 5.92 Å². The van der Waals surface area contributed by atoms with Gasteiger partial charge in [-0.05, 0) is 38.1 Å². The fourth-order valence-corrected chi connectivity index (χ4v) is 3.16. The van der Waals surface area contributed by atoms with Crippen LogP contribution in [0.5, 0.6) is 0 Å². The highest BCUT2D eigenvalue weighted by atomic mass is 16.5. The summed E-state index contributed by atoms with van der Waals surface area (Å²) in [6.45, 7) is 9.56. The van der Waals surface area contributed by atoms with Crippen molar-refractivity contribution >= 4 is 6.41 Å². The third-order valence-electron chi connectivity index (χ3n) is 4.55. The van der Waals surface area contributed by atoms with Crippen LogP contribution in [0.25, 0.3) is 0 Å². The molecule has 0 spiro atoms. The Morgan fingerprint density at radius 3 is 2.35 bits per heavy atom. The summed E-state index contributed by atoms with van der Waals surface area (Å²) in [4.78, 5) is 15.2. The van der Waals surface area contributed by atoms with Gasteiger partial charge in [0.05, 0.1) is 0 Å². The lowest BCUT2D eigenvalue weighted by atomic mass is 9.95. The molecule has 0 unspecified atom stereocenters. The van der Waals surface area contributed by atoms with Crippen molar-refractivity contribution in [2.24, 2.45) is 5.92 Å². The van der Waals surface area contributed by atoms with Gasteiger partial charge in [-0.15, -0.1) is 0 Å². The predicted octanol–water partition coefficient (Wildman–Crippen LogP) is 0.557. The van der Waals surface area contributed by atoms with Gasteiger partial charge < -0.3 is 15.0 Å². The van der Waals surface area contributed by atoms with E-state index in [-0.39, 0.29) is 0 Å². The van der Waals surface area contributed by atoms with Crippen LogP contribution >= 0.6 is 0 Å². The number of amides is 1. The van der Waals surface area contributed by atoms with Gasteiger partial charge in [0.25, 0.3) is 0 Å². The van der Waals surface area contributed by atoms with Crippen molar-refractivity contribution in [1.82, 2.24) is 15.1 Å². The molecule has 0 atom stereocenters. The lowest BCUT2D eigenvalue weighted by molar-refractivity contribution is -0.109. The van der Waals surface area contributed by atoms with Crippen LogP contribution in [0.15, 0.2) is 0 Å². The molecule has 2 aliphatic rings. The normalized spacial score (nSPS) is 22.8. The largest absolute Gasteiger partial charge is 0.381 e. The van der Waals surface area contributed by atoms with Crippen LogP contribution in [0.1, 0.15) is 25.7 Å². The zero-order valence-corrected chi connectivity index (χ0v) is 12.6. The summed E-state index contributed by atoms with van der Waals surface area (Å²) >= 11 is 0. The maximum absolute atomic E-state index is 10.2. The van der Waals surface area contributed by atoms with Crippen molar-refractivity contribution in [3.8, 4) is 0 Å². The fraction of sp³-hybridized carbons (Fsp3) is 0.933. The van der Waals surface area contributed by atoms with Crippen LogP contribution in [-0.4, -0.2) is 75.2 Å². The monoisotopic (exact) mass is 283 g/mol. The molecule has 20 heavy (non-hydrogen) atoms. The Balaban J connectivity index is 1.49. The molecule has 1 N–H and O–H groups in total. The minimum absolute atomic E-state index is 0.771. The van der Waals surface area contributed by atoms with Gasteiger partial charge in [-0.25, -0.2) is 0 Å². The third-order valence-corrected chi connectivity index (χ3v) is 4.55. The van der Waals surface area contributed by atoms with E-state index in [4.69, 9.17) is 4.74 Å². The summed E-state index contributed by atoms with van der Waals surface area (Å²) in [5, 5.41) is 2.73. The lowest BCUT2D eigenvalue weighted by Gasteiger charge is -2.35. The van der Waals surface area contributed by atoms with E-state index in [9.17, 15) is 4.79 Å². The molecule has 0 aliphatic carbocycles. The van der Waals surface area contributed by atoms with Crippen LogP contribution in [0.4, 0.5) is 0 Å². The maximum Gasteiger partial charge on any atom is 0.207 e. The van der Waals surface area contributed by atoms with Crippen molar-refractivity contribution in [3.05, 3.63) is 0 Å². The molecule has 0 saturated carbocycles. The number of carbonyl (C=O) groups is 1. The average molecular weight is 283 g/mol. The van der Waals surface area contributed by atoms with Gasteiger partial charge in [-0.2, -0.15) is 0 Å². The zero-order chi connectivity index (χ0) is 14.0. The highest BCUT2D eigenvalue weighted by Crippen LogP contribution is 2.20. The number of rotatable bonds is 8. The van der Waals surface area contributed by atoms with Crippen molar-refractivity contribution in [2.75, 3.05) is 59.0 Å². The van der Waals surface area contributed by atoms with E-state index in [1.54, 1.807) is 0 Å². The first-order valence-corrected chi connectivity index (χ1v) is 8.08. The van der Waals surface area contributed by atoms with E-state index in [1.165, 1.54) is 45.3 Å². The SMILES string of the molecule is O=CNCCN1CCN(CCCC2CCOCC2)CC1. The Hall–Kier alpha value is -0.650. The highest BCUT2D eigenvalue weighted by Gasteiger charge is 2.17. The first-order valence-electron chi connectivity index (χ1n) is 8.08.